The first-order valence-electron chi connectivity index (χ1n) is 12.7. The molecular weight excluding hydrogens is 410 g/mol. The second kappa shape index (κ2) is 9.30. The molecule has 174 valence electrons. The van der Waals surface area contributed by atoms with E-state index in [0.717, 1.165) is 54.6 Å². The van der Waals surface area contributed by atoms with Crippen LogP contribution >= 0.6 is 0 Å². The zero-order chi connectivity index (χ0) is 22.8. The molecule has 5 rings (SSSR count). The Morgan fingerprint density at radius 1 is 0.879 bits per heavy atom. The molecule has 0 aromatic heterocycles. The van der Waals surface area contributed by atoms with Crippen LogP contribution in [0.4, 0.5) is 11.4 Å². The van der Waals surface area contributed by atoms with E-state index in [1.54, 1.807) is 4.90 Å². The molecule has 33 heavy (non-hydrogen) atoms. The van der Waals surface area contributed by atoms with Crippen LogP contribution in [0.1, 0.15) is 73.2 Å². The molecule has 5 heteroatoms. The van der Waals surface area contributed by atoms with Gasteiger partial charge in [-0.05, 0) is 48.6 Å². The van der Waals surface area contributed by atoms with Gasteiger partial charge in [0.2, 0.25) is 0 Å². The highest BCUT2D eigenvalue weighted by Crippen LogP contribution is 2.36. The molecule has 1 N–H and O–H groups in total. The van der Waals surface area contributed by atoms with Crippen LogP contribution in [0.3, 0.4) is 0 Å². The summed E-state index contributed by atoms with van der Waals surface area (Å²) in [5.41, 5.74) is 4.17. The van der Waals surface area contributed by atoms with Crippen molar-refractivity contribution in [2.75, 3.05) is 31.6 Å². The summed E-state index contributed by atoms with van der Waals surface area (Å²) in [5, 5.41) is 3.02. The molecule has 1 atom stereocenters. The Morgan fingerprint density at radius 2 is 1.55 bits per heavy atom. The van der Waals surface area contributed by atoms with E-state index in [1.165, 1.54) is 43.4 Å². The fraction of sp³-hybridized carbons (Fsp3) is 0.500. The van der Waals surface area contributed by atoms with Crippen LogP contribution in [0.15, 0.2) is 48.5 Å². The van der Waals surface area contributed by atoms with Crippen LogP contribution in [0, 0.1) is 0 Å². The summed E-state index contributed by atoms with van der Waals surface area (Å²) in [4.78, 5) is 27.4. The van der Waals surface area contributed by atoms with Crippen molar-refractivity contribution in [3.8, 4) is 0 Å². The average molecular weight is 447 g/mol. The van der Waals surface area contributed by atoms with Crippen LogP contribution < -0.4 is 14.7 Å². The third-order valence-corrected chi connectivity index (χ3v) is 8.27. The molecule has 2 aromatic rings. The molecule has 3 aliphatic rings. The maximum Gasteiger partial charge on any atom is 0.278 e. The first-order chi connectivity index (χ1) is 16.1. The molecule has 2 aromatic carbocycles. The van der Waals surface area contributed by atoms with Gasteiger partial charge in [-0.2, -0.15) is 0 Å². The largest absolute Gasteiger partial charge is 0.351 e. The number of hydrogen-bond donors (Lipinski definition) is 1. The van der Waals surface area contributed by atoms with E-state index >= 15 is 0 Å². The van der Waals surface area contributed by atoms with Crippen molar-refractivity contribution < 1.29 is 9.59 Å². The first-order valence-corrected chi connectivity index (χ1v) is 12.7. The highest BCUT2D eigenvalue weighted by molar-refractivity contribution is 6.05. The van der Waals surface area contributed by atoms with Gasteiger partial charge in [-0.15, -0.1) is 0 Å². The Bertz CT molecular complexity index is 987. The molecule has 0 bridgehead atoms. The fourth-order valence-electron chi connectivity index (χ4n) is 6.32. The number of carbonyl (C=O) groups excluding carboxylic acids is 2. The SMILES string of the molecule is CN(C(=O)c1ccc(C2CCCCC2)cc1)c1ccc([N+]2(C3CCNC3=O)CCCC2)cc1. The summed E-state index contributed by atoms with van der Waals surface area (Å²) in [6.45, 7) is 2.80. The summed E-state index contributed by atoms with van der Waals surface area (Å²) >= 11 is 0. The van der Waals surface area contributed by atoms with Crippen LogP contribution in [-0.2, 0) is 4.79 Å². The number of benzene rings is 2. The van der Waals surface area contributed by atoms with Crippen molar-refractivity contribution >= 4 is 23.2 Å². The van der Waals surface area contributed by atoms with Gasteiger partial charge in [0.25, 0.3) is 11.8 Å². The number of carbonyl (C=O) groups is 2. The van der Waals surface area contributed by atoms with E-state index in [2.05, 4.69) is 29.6 Å². The summed E-state index contributed by atoms with van der Waals surface area (Å²) in [6.07, 6.45) is 9.72. The standard InChI is InChI=1S/C28H35N3O2/c1-30(28(33)23-11-9-22(10-12-23)21-7-3-2-4-8-21)24-13-15-25(16-14-24)31(19-5-6-20-31)26-17-18-29-27(26)32/h9-16,21,26H,2-8,17-20H2,1H3/p+1. The molecule has 0 spiro atoms. The molecule has 0 radical (unpaired) electrons. The summed E-state index contributed by atoms with van der Waals surface area (Å²) < 4.78 is 0.756. The predicted molar refractivity (Wildman–Crippen MR) is 134 cm³/mol. The molecule has 2 aliphatic heterocycles. The van der Waals surface area contributed by atoms with Crippen molar-refractivity contribution in [1.82, 2.24) is 9.80 Å². The highest BCUT2D eigenvalue weighted by Gasteiger charge is 2.47. The Morgan fingerprint density at radius 3 is 2.15 bits per heavy atom. The number of nitrogens with zero attached hydrogens (tertiary/aromatic N) is 2. The highest BCUT2D eigenvalue weighted by atomic mass is 16.2. The van der Waals surface area contributed by atoms with Crippen molar-refractivity contribution in [3.63, 3.8) is 0 Å². The Kier molecular flexibility index (Phi) is 6.24. The quantitative estimate of drug-likeness (QED) is 0.657. The molecule has 2 amide bonds. The van der Waals surface area contributed by atoms with Crippen molar-refractivity contribution in [2.45, 2.75) is 63.3 Å². The van der Waals surface area contributed by atoms with E-state index in [4.69, 9.17) is 0 Å². The van der Waals surface area contributed by atoms with Gasteiger partial charge >= 0.3 is 0 Å². The Hall–Kier alpha value is -2.66. The topological polar surface area (TPSA) is 49.4 Å². The van der Waals surface area contributed by atoms with Gasteiger partial charge in [0.05, 0.1) is 13.1 Å². The molecular formula is C28H36N3O2+. The normalized spacial score (nSPS) is 22.8. The van der Waals surface area contributed by atoms with Gasteiger partial charge in [0.15, 0.2) is 6.04 Å². The molecule has 1 aliphatic carbocycles. The van der Waals surface area contributed by atoms with Gasteiger partial charge < -0.3 is 10.2 Å². The molecule has 1 unspecified atom stereocenters. The third-order valence-electron chi connectivity index (χ3n) is 8.27. The van der Waals surface area contributed by atoms with Crippen LogP contribution in [0.5, 0.6) is 0 Å². The smallest absolute Gasteiger partial charge is 0.278 e. The summed E-state index contributed by atoms with van der Waals surface area (Å²) in [6, 6.07) is 16.6. The third kappa shape index (κ3) is 4.19. The molecule has 2 heterocycles. The fourth-order valence-corrected chi connectivity index (χ4v) is 6.32. The molecule has 1 saturated carbocycles. The van der Waals surface area contributed by atoms with Gasteiger partial charge in [-0.1, -0.05) is 31.4 Å². The molecule has 3 fully saturated rings. The minimum absolute atomic E-state index is 0.0122. The Labute approximate surface area is 197 Å². The average Bonchev–Trinajstić information content (AvgIpc) is 3.54. The van der Waals surface area contributed by atoms with Gasteiger partial charge in [-0.25, -0.2) is 0 Å². The maximum atomic E-state index is 13.2. The van der Waals surface area contributed by atoms with Crippen molar-refractivity contribution in [1.29, 1.82) is 0 Å². The van der Waals surface area contributed by atoms with E-state index in [-0.39, 0.29) is 17.9 Å². The lowest BCUT2D eigenvalue weighted by Crippen LogP contribution is -2.57. The van der Waals surface area contributed by atoms with Crippen molar-refractivity contribution in [2.24, 2.45) is 0 Å². The second-order valence-corrected chi connectivity index (χ2v) is 10.1. The number of amides is 2. The van der Waals surface area contributed by atoms with Crippen molar-refractivity contribution in [3.05, 3.63) is 59.7 Å². The monoisotopic (exact) mass is 446 g/mol. The van der Waals surface area contributed by atoms with Gasteiger partial charge in [0.1, 0.15) is 5.69 Å². The zero-order valence-corrected chi connectivity index (χ0v) is 19.8. The van der Waals surface area contributed by atoms with E-state index in [9.17, 15) is 9.59 Å². The number of likely N-dealkylation sites (tertiary alicyclic amines) is 1. The lowest BCUT2D eigenvalue weighted by atomic mass is 9.84. The van der Waals surface area contributed by atoms with Crippen LogP contribution in [0.25, 0.3) is 0 Å². The zero-order valence-electron chi connectivity index (χ0n) is 19.8. The van der Waals surface area contributed by atoms with Crippen LogP contribution in [-0.4, -0.2) is 44.5 Å². The van der Waals surface area contributed by atoms with Gasteiger partial charge in [-0.3, -0.25) is 14.1 Å². The summed E-state index contributed by atoms with van der Waals surface area (Å²) in [7, 11) is 1.84. The molecule has 5 nitrogen and oxygen atoms in total. The lowest BCUT2D eigenvalue weighted by Gasteiger charge is -2.38. The molecule has 2 saturated heterocycles. The Balaban J connectivity index is 1.31. The van der Waals surface area contributed by atoms with E-state index in [1.807, 2.05) is 31.3 Å². The second-order valence-electron chi connectivity index (χ2n) is 10.1. The van der Waals surface area contributed by atoms with Gasteiger partial charge in [0, 0.05) is 56.2 Å². The number of nitrogens with one attached hydrogen (secondary N) is 1. The minimum atomic E-state index is 0.0122. The number of anilines is 1. The van der Waals surface area contributed by atoms with Crippen LogP contribution in [0.2, 0.25) is 0 Å². The van der Waals surface area contributed by atoms with E-state index < -0.39 is 0 Å². The first kappa shape index (κ1) is 22.1. The number of hydrogen-bond acceptors (Lipinski definition) is 2. The predicted octanol–water partition coefficient (Wildman–Crippen LogP) is 5.00. The lowest BCUT2D eigenvalue weighted by molar-refractivity contribution is -0.123. The number of quaternary nitrogens is 1. The number of rotatable bonds is 5. The van der Waals surface area contributed by atoms with E-state index in [0.29, 0.717) is 5.92 Å². The maximum absolute atomic E-state index is 13.2. The summed E-state index contributed by atoms with van der Waals surface area (Å²) in [5.74, 6) is 0.847. The minimum Gasteiger partial charge on any atom is -0.351 e.